The number of ether oxygens (including phenoxy) is 3. The van der Waals surface area contributed by atoms with E-state index in [9.17, 15) is 14.4 Å². The molecule has 0 aromatic carbocycles. The first kappa shape index (κ1) is 62.1. The van der Waals surface area contributed by atoms with E-state index in [1.54, 1.807) is 0 Å². The number of esters is 3. The van der Waals surface area contributed by atoms with Crippen molar-refractivity contribution in [2.24, 2.45) is 0 Å². The lowest BCUT2D eigenvalue weighted by Gasteiger charge is -2.18. The second kappa shape index (κ2) is 53.8. The molecule has 0 aromatic rings. The zero-order valence-corrected chi connectivity index (χ0v) is 43.3. The third-order valence-electron chi connectivity index (χ3n) is 13.0. The van der Waals surface area contributed by atoms with Crippen LogP contribution in [0.2, 0.25) is 0 Å². The molecule has 1 atom stereocenters. The Morgan fingerprint density at radius 1 is 0.297 bits per heavy atom. The van der Waals surface area contributed by atoms with Crippen molar-refractivity contribution in [3.63, 3.8) is 0 Å². The number of carbonyl (C=O) groups is 3. The van der Waals surface area contributed by atoms with Crippen molar-refractivity contribution in [2.75, 3.05) is 13.2 Å². The number of hydrogen-bond donors (Lipinski definition) is 0. The first-order valence-electron chi connectivity index (χ1n) is 28.7. The van der Waals surface area contributed by atoms with E-state index in [0.29, 0.717) is 19.3 Å². The number of rotatable bonds is 53. The lowest BCUT2D eigenvalue weighted by Crippen LogP contribution is -2.30. The van der Waals surface area contributed by atoms with Crippen LogP contribution in [0.3, 0.4) is 0 Å². The molecule has 0 aliphatic carbocycles. The molecule has 0 aliphatic heterocycles. The molecule has 0 radical (unpaired) electrons. The van der Waals surface area contributed by atoms with Crippen LogP contribution < -0.4 is 0 Å². The van der Waals surface area contributed by atoms with Gasteiger partial charge in [-0.05, 0) is 44.9 Å². The molecule has 0 aliphatic rings. The Balaban J connectivity index is 3.93. The molecular weight excluding hydrogens is 793 g/mol. The van der Waals surface area contributed by atoms with E-state index in [-0.39, 0.29) is 31.1 Å². The van der Waals surface area contributed by atoms with Crippen molar-refractivity contribution in [1.29, 1.82) is 0 Å². The van der Waals surface area contributed by atoms with E-state index in [1.807, 2.05) is 0 Å². The van der Waals surface area contributed by atoms with E-state index in [2.05, 4.69) is 32.9 Å². The molecule has 0 amide bonds. The van der Waals surface area contributed by atoms with Gasteiger partial charge in [0.25, 0.3) is 0 Å². The van der Waals surface area contributed by atoms with Crippen LogP contribution in [0.4, 0.5) is 0 Å². The highest BCUT2D eigenvalue weighted by atomic mass is 16.6. The van der Waals surface area contributed by atoms with Gasteiger partial charge in [-0.15, -0.1) is 0 Å². The Morgan fingerprint density at radius 2 is 0.516 bits per heavy atom. The van der Waals surface area contributed by atoms with Gasteiger partial charge < -0.3 is 14.2 Å². The SMILES string of the molecule is CCCCCCCCCC/C=C\CCCCCCCCCCCCCCCCCCCC(=O)OCC(COC(=O)CCCCCCCCC)OC(=O)CCCCCCCCCCCC. The van der Waals surface area contributed by atoms with Crippen LogP contribution in [0.15, 0.2) is 12.2 Å². The standard InChI is InChI=1S/C58H110O6/c1-4-7-10-13-16-18-20-21-22-23-24-25-26-27-28-29-30-31-32-33-34-35-36-37-38-40-42-45-48-51-57(60)63-54-55(53-62-56(59)50-47-44-41-15-12-9-6-3)64-58(61)52-49-46-43-39-19-17-14-11-8-5-2/h23-24,55H,4-22,25-54H2,1-3H3/b24-23-. The Morgan fingerprint density at radius 3 is 0.781 bits per heavy atom. The van der Waals surface area contributed by atoms with E-state index in [4.69, 9.17) is 14.2 Å². The van der Waals surface area contributed by atoms with E-state index >= 15 is 0 Å². The fourth-order valence-electron chi connectivity index (χ4n) is 8.68. The fourth-order valence-corrected chi connectivity index (χ4v) is 8.68. The summed E-state index contributed by atoms with van der Waals surface area (Å²) in [4.78, 5) is 37.7. The average Bonchev–Trinajstić information content (AvgIpc) is 3.29. The van der Waals surface area contributed by atoms with Gasteiger partial charge in [0.1, 0.15) is 13.2 Å². The van der Waals surface area contributed by atoms with Crippen molar-refractivity contribution >= 4 is 17.9 Å². The third kappa shape index (κ3) is 51.1. The summed E-state index contributed by atoms with van der Waals surface area (Å²) in [7, 11) is 0. The molecule has 1 unspecified atom stereocenters. The van der Waals surface area contributed by atoms with Gasteiger partial charge in [-0.25, -0.2) is 0 Å². The van der Waals surface area contributed by atoms with Crippen LogP contribution in [0, 0.1) is 0 Å². The van der Waals surface area contributed by atoms with E-state index in [0.717, 1.165) is 57.8 Å². The molecule has 6 nitrogen and oxygen atoms in total. The lowest BCUT2D eigenvalue weighted by atomic mass is 10.0. The van der Waals surface area contributed by atoms with Crippen LogP contribution in [0.5, 0.6) is 0 Å². The number of carbonyl (C=O) groups excluding carboxylic acids is 3. The van der Waals surface area contributed by atoms with Gasteiger partial charge in [0.15, 0.2) is 6.10 Å². The quantitative estimate of drug-likeness (QED) is 0.0262. The highest BCUT2D eigenvalue weighted by Gasteiger charge is 2.19. The molecule has 0 N–H and O–H groups in total. The molecule has 0 saturated heterocycles. The maximum Gasteiger partial charge on any atom is 0.306 e. The Hall–Kier alpha value is -1.85. The van der Waals surface area contributed by atoms with Crippen molar-refractivity contribution < 1.29 is 28.6 Å². The summed E-state index contributed by atoms with van der Waals surface area (Å²) in [5.74, 6) is -0.855. The normalized spacial score (nSPS) is 12.0. The summed E-state index contributed by atoms with van der Waals surface area (Å²) in [6.07, 6.45) is 61.1. The van der Waals surface area contributed by atoms with Crippen molar-refractivity contribution in [3.05, 3.63) is 12.2 Å². The van der Waals surface area contributed by atoms with Crippen LogP contribution in [-0.4, -0.2) is 37.2 Å². The summed E-state index contributed by atoms with van der Waals surface area (Å²) in [5, 5.41) is 0. The molecule has 64 heavy (non-hydrogen) atoms. The summed E-state index contributed by atoms with van der Waals surface area (Å²) >= 11 is 0. The first-order valence-corrected chi connectivity index (χ1v) is 28.7. The number of allylic oxidation sites excluding steroid dienone is 2. The van der Waals surface area contributed by atoms with Crippen LogP contribution in [-0.2, 0) is 28.6 Å². The third-order valence-corrected chi connectivity index (χ3v) is 13.0. The van der Waals surface area contributed by atoms with Gasteiger partial charge in [-0.2, -0.15) is 0 Å². The zero-order valence-electron chi connectivity index (χ0n) is 43.3. The second-order valence-electron chi connectivity index (χ2n) is 19.6. The van der Waals surface area contributed by atoms with Crippen LogP contribution in [0.1, 0.15) is 323 Å². The molecule has 0 aromatic heterocycles. The number of hydrogen-bond acceptors (Lipinski definition) is 6. The molecule has 0 saturated carbocycles. The largest absolute Gasteiger partial charge is 0.462 e. The van der Waals surface area contributed by atoms with Crippen LogP contribution >= 0.6 is 0 Å². The molecule has 0 heterocycles. The average molecular weight is 904 g/mol. The predicted octanol–water partition coefficient (Wildman–Crippen LogP) is 18.9. The van der Waals surface area contributed by atoms with Crippen LogP contribution in [0.25, 0.3) is 0 Å². The molecule has 0 fully saturated rings. The minimum absolute atomic E-state index is 0.0644. The smallest absolute Gasteiger partial charge is 0.306 e. The lowest BCUT2D eigenvalue weighted by molar-refractivity contribution is -0.167. The summed E-state index contributed by atoms with van der Waals surface area (Å²) in [5.41, 5.74) is 0. The monoisotopic (exact) mass is 903 g/mol. The highest BCUT2D eigenvalue weighted by Crippen LogP contribution is 2.17. The fraction of sp³-hybridized carbons (Fsp3) is 0.914. The Bertz CT molecular complexity index is 993. The minimum atomic E-state index is -0.760. The Kier molecular flexibility index (Phi) is 52.2. The maximum atomic E-state index is 12.7. The molecule has 6 heteroatoms. The maximum absolute atomic E-state index is 12.7. The summed E-state index contributed by atoms with van der Waals surface area (Å²) in [6, 6.07) is 0. The molecule has 0 spiro atoms. The van der Waals surface area contributed by atoms with Crippen molar-refractivity contribution in [1.82, 2.24) is 0 Å². The van der Waals surface area contributed by atoms with Gasteiger partial charge >= 0.3 is 17.9 Å². The topological polar surface area (TPSA) is 78.9 Å². The van der Waals surface area contributed by atoms with Gasteiger partial charge in [-0.1, -0.05) is 270 Å². The zero-order chi connectivity index (χ0) is 46.5. The van der Waals surface area contributed by atoms with E-state index in [1.165, 1.54) is 225 Å². The molecule has 378 valence electrons. The van der Waals surface area contributed by atoms with E-state index < -0.39 is 6.10 Å². The second-order valence-corrected chi connectivity index (χ2v) is 19.6. The van der Waals surface area contributed by atoms with Gasteiger partial charge in [0.2, 0.25) is 0 Å². The number of unbranched alkanes of at least 4 members (excludes halogenated alkanes) is 40. The minimum Gasteiger partial charge on any atom is -0.462 e. The van der Waals surface area contributed by atoms with Gasteiger partial charge in [0.05, 0.1) is 0 Å². The molecule has 0 rings (SSSR count). The van der Waals surface area contributed by atoms with Crippen molar-refractivity contribution in [2.45, 2.75) is 329 Å². The predicted molar refractivity (Wildman–Crippen MR) is 275 cm³/mol. The highest BCUT2D eigenvalue weighted by molar-refractivity contribution is 5.71. The first-order chi connectivity index (χ1) is 31.5. The molecule has 0 bridgehead atoms. The van der Waals surface area contributed by atoms with Gasteiger partial charge in [-0.3, -0.25) is 14.4 Å². The van der Waals surface area contributed by atoms with Gasteiger partial charge in [0, 0.05) is 19.3 Å². The Labute approximate surface area is 399 Å². The summed E-state index contributed by atoms with van der Waals surface area (Å²) in [6.45, 7) is 6.62. The van der Waals surface area contributed by atoms with Crippen molar-refractivity contribution in [3.8, 4) is 0 Å². The summed E-state index contributed by atoms with van der Waals surface area (Å²) < 4.78 is 16.7. The molecular formula is C58H110O6.